The molecule has 4 nitrogen and oxygen atoms in total. The molecule has 0 saturated carbocycles. The van der Waals surface area contributed by atoms with Crippen LogP contribution < -0.4 is 15.8 Å². The second-order valence-corrected chi connectivity index (χ2v) is 3.86. The number of anilines is 1. The molecule has 0 aliphatic carbocycles. The maximum absolute atomic E-state index is 11.5. The summed E-state index contributed by atoms with van der Waals surface area (Å²) in [6.45, 7) is 5.81. The van der Waals surface area contributed by atoms with E-state index in [1.807, 2.05) is 12.1 Å². The number of rotatable bonds is 6. The summed E-state index contributed by atoms with van der Waals surface area (Å²) >= 11 is 0. The van der Waals surface area contributed by atoms with Gasteiger partial charge >= 0.3 is 0 Å². The molecule has 5 heteroatoms. The van der Waals surface area contributed by atoms with E-state index >= 15 is 0 Å². The van der Waals surface area contributed by atoms with E-state index in [2.05, 4.69) is 11.9 Å². The number of carbonyl (C=O) groups is 1. The monoisotopic (exact) mass is 270 g/mol. The molecule has 0 bridgehead atoms. The van der Waals surface area contributed by atoms with Crippen LogP contribution in [0.3, 0.4) is 0 Å². The van der Waals surface area contributed by atoms with Gasteiger partial charge in [0.1, 0.15) is 12.4 Å². The van der Waals surface area contributed by atoms with Gasteiger partial charge in [0, 0.05) is 24.2 Å². The van der Waals surface area contributed by atoms with Crippen molar-refractivity contribution in [2.24, 2.45) is 5.73 Å². The molecule has 0 heterocycles. The Bertz CT molecular complexity index is 394. The maximum Gasteiger partial charge on any atom is 0.225 e. The lowest BCUT2D eigenvalue weighted by molar-refractivity contribution is -0.116. The van der Waals surface area contributed by atoms with Crippen LogP contribution in [-0.2, 0) is 4.79 Å². The highest BCUT2D eigenvalue weighted by Gasteiger charge is 2.05. The van der Waals surface area contributed by atoms with Crippen LogP contribution in [0.4, 0.5) is 5.69 Å². The number of benzene rings is 1. The molecular weight excluding hydrogens is 252 g/mol. The SMILES string of the molecule is C=CCOc1cccc(NC(=O)CC(C)N)c1.Cl. The summed E-state index contributed by atoms with van der Waals surface area (Å²) in [7, 11) is 0. The molecule has 1 rings (SSSR count). The molecule has 100 valence electrons. The molecule has 0 aliphatic rings. The number of amides is 1. The second kappa shape index (κ2) is 8.55. The zero-order chi connectivity index (χ0) is 12.7. The number of hydrogen-bond donors (Lipinski definition) is 2. The maximum atomic E-state index is 11.5. The Morgan fingerprint density at radius 2 is 2.33 bits per heavy atom. The van der Waals surface area contributed by atoms with Gasteiger partial charge in [0.25, 0.3) is 0 Å². The van der Waals surface area contributed by atoms with Crippen molar-refractivity contribution in [2.75, 3.05) is 11.9 Å². The van der Waals surface area contributed by atoms with Crippen LogP contribution in [-0.4, -0.2) is 18.6 Å². The van der Waals surface area contributed by atoms with Crippen molar-refractivity contribution in [3.05, 3.63) is 36.9 Å². The van der Waals surface area contributed by atoms with E-state index in [4.69, 9.17) is 10.5 Å². The summed E-state index contributed by atoms with van der Waals surface area (Å²) < 4.78 is 5.36. The third-order valence-electron chi connectivity index (χ3n) is 1.99. The lowest BCUT2D eigenvalue weighted by atomic mass is 10.2. The van der Waals surface area contributed by atoms with Crippen LogP contribution in [0.15, 0.2) is 36.9 Å². The Labute approximate surface area is 114 Å². The first-order valence-electron chi connectivity index (χ1n) is 5.51. The van der Waals surface area contributed by atoms with Crippen molar-refractivity contribution >= 4 is 24.0 Å². The molecule has 3 N–H and O–H groups in total. The minimum absolute atomic E-state index is 0. The van der Waals surface area contributed by atoms with Gasteiger partial charge in [-0.3, -0.25) is 4.79 Å². The highest BCUT2D eigenvalue weighted by molar-refractivity contribution is 5.91. The van der Waals surface area contributed by atoms with Crippen LogP contribution >= 0.6 is 12.4 Å². The van der Waals surface area contributed by atoms with Crippen LogP contribution in [0.25, 0.3) is 0 Å². The quantitative estimate of drug-likeness (QED) is 0.780. The fraction of sp³-hybridized carbons (Fsp3) is 0.308. The van der Waals surface area contributed by atoms with Crippen LogP contribution in [0.1, 0.15) is 13.3 Å². The average molecular weight is 271 g/mol. The third-order valence-corrected chi connectivity index (χ3v) is 1.99. The summed E-state index contributed by atoms with van der Waals surface area (Å²) in [6, 6.07) is 7.07. The second-order valence-electron chi connectivity index (χ2n) is 3.86. The van der Waals surface area contributed by atoms with Crippen molar-refractivity contribution in [1.29, 1.82) is 0 Å². The number of hydrogen-bond acceptors (Lipinski definition) is 3. The summed E-state index contributed by atoms with van der Waals surface area (Å²) in [4.78, 5) is 11.5. The fourth-order valence-electron chi connectivity index (χ4n) is 1.32. The van der Waals surface area contributed by atoms with Crippen molar-refractivity contribution < 1.29 is 9.53 Å². The summed E-state index contributed by atoms with van der Waals surface area (Å²) in [6.07, 6.45) is 1.97. The van der Waals surface area contributed by atoms with Gasteiger partial charge in [0.05, 0.1) is 0 Å². The first kappa shape index (κ1) is 16.5. The van der Waals surface area contributed by atoms with E-state index < -0.39 is 0 Å². The number of halogens is 1. The Hall–Kier alpha value is -1.52. The van der Waals surface area contributed by atoms with Crippen molar-refractivity contribution in [3.8, 4) is 5.75 Å². The molecule has 1 aromatic carbocycles. The van der Waals surface area contributed by atoms with Crippen LogP contribution in [0, 0.1) is 0 Å². The number of nitrogens with one attached hydrogen (secondary N) is 1. The Balaban J connectivity index is 0.00000289. The largest absolute Gasteiger partial charge is 0.489 e. The van der Waals surface area contributed by atoms with Gasteiger partial charge in [-0.1, -0.05) is 18.7 Å². The standard InChI is InChI=1S/C13H18N2O2.ClH/c1-3-7-17-12-6-4-5-11(9-12)15-13(16)8-10(2)14;/h3-6,9-10H,1,7-8,14H2,2H3,(H,15,16);1H. The normalized spacial score (nSPS) is 11.0. The Morgan fingerprint density at radius 3 is 2.94 bits per heavy atom. The molecule has 1 atom stereocenters. The molecule has 1 amide bonds. The highest BCUT2D eigenvalue weighted by atomic mass is 35.5. The van der Waals surface area contributed by atoms with Crippen molar-refractivity contribution in [2.45, 2.75) is 19.4 Å². The molecule has 0 aromatic heterocycles. The van der Waals surface area contributed by atoms with E-state index in [1.165, 1.54) is 0 Å². The van der Waals surface area contributed by atoms with Crippen molar-refractivity contribution in [3.63, 3.8) is 0 Å². The van der Waals surface area contributed by atoms with Gasteiger partial charge < -0.3 is 15.8 Å². The number of carbonyl (C=O) groups excluding carboxylic acids is 1. The Kier molecular flexibility index (Phi) is 7.83. The lowest BCUT2D eigenvalue weighted by Gasteiger charge is -2.09. The van der Waals surface area contributed by atoms with Gasteiger partial charge in [0.2, 0.25) is 5.91 Å². The molecule has 1 unspecified atom stereocenters. The predicted molar refractivity (Wildman–Crippen MR) is 76.3 cm³/mol. The van der Waals surface area contributed by atoms with Gasteiger partial charge in [-0.25, -0.2) is 0 Å². The molecule has 0 spiro atoms. The van der Waals surface area contributed by atoms with Gasteiger partial charge in [-0.15, -0.1) is 12.4 Å². The molecular formula is C13H19ClN2O2. The van der Waals surface area contributed by atoms with E-state index in [0.29, 0.717) is 24.5 Å². The first-order chi connectivity index (χ1) is 8.11. The minimum Gasteiger partial charge on any atom is -0.489 e. The van der Waals surface area contributed by atoms with E-state index in [0.717, 1.165) is 0 Å². The predicted octanol–water partition coefficient (Wildman–Crippen LogP) is 2.35. The van der Waals surface area contributed by atoms with Gasteiger partial charge in [0.15, 0.2) is 0 Å². The van der Waals surface area contributed by atoms with Crippen LogP contribution in [0.5, 0.6) is 5.75 Å². The molecule has 0 aliphatic heterocycles. The molecule has 0 saturated heterocycles. The average Bonchev–Trinajstić information content (AvgIpc) is 2.25. The molecule has 0 fully saturated rings. The van der Waals surface area contributed by atoms with Crippen LogP contribution in [0.2, 0.25) is 0 Å². The number of ether oxygens (including phenoxy) is 1. The molecule has 1 aromatic rings. The van der Waals surface area contributed by atoms with Crippen molar-refractivity contribution in [1.82, 2.24) is 0 Å². The Morgan fingerprint density at radius 1 is 1.61 bits per heavy atom. The van der Waals surface area contributed by atoms with E-state index in [-0.39, 0.29) is 24.4 Å². The number of nitrogens with two attached hydrogens (primary N) is 1. The van der Waals surface area contributed by atoms with Gasteiger partial charge in [-0.2, -0.15) is 0 Å². The zero-order valence-electron chi connectivity index (χ0n) is 10.4. The fourth-order valence-corrected chi connectivity index (χ4v) is 1.32. The smallest absolute Gasteiger partial charge is 0.225 e. The van der Waals surface area contributed by atoms with E-state index in [9.17, 15) is 4.79 Å². The highest BCUT2D eigenvalue weighted by Crippen LogP contribution is 2.17. The summed E-state index contributed by atoms with van der Waals surface area (Å²) in [5.41, 5.74) is 6.25. The summed E-state index contributed by atoms with van der Waals surface area (Å²) in [5.74, 6) is 0.601. The topological polar surface area (TPSA) is 64.3 Å². The lowest BCUT2D eigenvalue weighted by Crippen LogP contribution is -2.23. The zero-order valence-corrected chi connectivity index (χ0v) is 11.2. The molecule has 18 heavy (non-hydrogen) atoms. The van der Waals surface area contributed by atoms with Gasteiger partial charge in [-0.05, 0) is 19.1 Å². The molecule has 0 radical (unpaired) electrons. The summed E-state index contributed by atoms with van der Waals surface area (Å²) in [5, 5.41) is 2.77. The first-order valence-corrected chi connectivity index (χ1v) is 5.51. The van der Waals surface area contributed by atoms with E-state index in [1.54, 1.807) is 25.1 Å². The third kappa shape index (κ3) is 6.27. The minimum atomic E-state index is -0.143.